The van der Waals surface area contributed by atoms with Crippen LogP contribution in [0.25, 0.3) is 0 Å². The second kappa shape index (κ2) is 6.54. The van der Waals surface area contributed by atoms with Gasteiger partial charge in [0.25, 0.3) is 5.91 Å². The van der Waals surface area contributed by atoms with Gasteiger partial charge in [0.15, 0.2) is 5.41 Å². The van der Waals surface area contributed by atoms with Crippen LogP contribution in [0.4, 0.5) is 0 Å². The monoisotopic (exact) mass is 273 g/mol. The van der Waals surface area contributed by atoms with Crippen LogP contribution in [0.15, 0.2) is 0 Å². The van der Waals surface area contributed by atoms with E-state index in [0.29, 0.717) is 0 Å². The Balaban J connectivity index is 4.61. The third kappa shape index (κ3) is 4.89. The molecule has 0 aromatic heterocycles. The van der Waals surface area contributed by atoms with E-state index in [4.69, 9.17) is 5.11 Å². The molecule has 0 heterocycles. The van der Waals surface area contributed by atoms with Crippen molar-refractivity contribution in [3.8, 4) is 0 Å². The predicted octanol–water partition coefficient (Wildman–Crippen LogP) is 1.89. The minimum absolute atomic E-state index is 0.104. The highest BCUT2D eigenvalue weighted by Crippen LogP contribution is 2.28. The van der Waals surface area contributed by atoms with Gasteiger partial charge in [0, 0.05) is 6.42 Å². The van der Waals surface area contributed by atoms with Crippen LogP contribution < -0.4 is 5.48 Å². The number of carboxylic acids is 1. The standard InChI is InChI=1S/C13H23NO5/c1-6-13(7-2,10(16)17)11(18)19-14-9(15)8-12(3,4)5/h6-8H2,1-5H3,(H,14,15)(H,16,17). The van der Waals surface area contributed by atoms with Crippen molar-refractivity contribution >= 4 is 17.8 Å². The summed E-state index contributed by atoms with van der Waals surface area (Å²) in [7, 11) is 0. The number of hydrogen-bond acceptors (Lipinski definition) is 4. The Hall–Kier alpha value is -1.59. The Bertz CT molecular complexity index is 353. The fourth-order valence-electron chi connectivity index (χ4n) is 1.65. The molecule has 1 amide bonds. The highest BCUT2D eigenvalue weighted by molar-refractivity contribution is 5.99. The Morgan fingerprint density at radius 1 is 1.11 bits per heavy atom. The van der Waals surface area contributed by atoms with Crippen LogP contribution in [-0.2, 0) is 19.2 Å². The topological polar surface area (TPSA) is 92.7 Å². The van der Waals surface area contributed by atoms with Crippen LogP contribution in [0.2, 0.25) is 0 Å². The minimum Gasteiger partial charge on any atom is -0.480 e. The number of hydroxylamine groups is 1. The van der Waals surface area contributed by atoms with Gasteiger partial charge in [-0.3, -0.25) is 9.59 Å². The second-order valence-electron chi connectivity index (χ2n) is 5.75. The Morgan fingerprint density at radius 3 is 1.89 bits per heavy atom. The molecule has 0 aliphatic rings. The second-order valence-corrected chi connectivity index (χ2v) is 5.75. The lowest BCUT2D eigenvalue weighted by Crippen LogP contribution is -2.43. The molecule has 0 saturated heterocycles. The van der Waals surface area contributed by atoms with Crippen LogP contribution >= 0.6 is 0 Å². The summed E-state index contributed by atoms with van der Waals surface area (Å²) < 4.78 is 0. The number of carbonyl (C=O) groups is 3. The van der Waals surface area contributed by atoms with Crippen molar-refractivity contribution in [2.45, 2.75) is 53.9 Å². The van der Waals surface area contributed by atoms with Crippen molar-refractivity contribution in [2.75, 3.05) is 0 Å². The lowest BCUT2D eigenvalue weighted by Gasteiger charge is -2.24. The zero-order chi connectivity index (χ0) is 15.3. The zero-order valence-electron chi connectivity index (χ0n) is 12.2. The van der Waals surface area contributed by atoms with Crippen molar-refractivity contribution in [3.63, 3.8) is 0 Å². The maximum atomic E-state index is 11.8. The highest BCUT2D eigenvalue weighted by Gasteiger charge is 2.45. The lowest BCUT2D eigenvalue weighted by molar-refractivity contribution is -0.178. The molecule has 2 N–H and O–H groups in total. The van der Waals surface area contributed by atoms with E-state index in [0.717, 1.165) is 0 Å². The molecule has 0 atom stereocenters. The van der Waals surface area contributed by atoms with E-state index in [1.165, 1.54) is 0 Å². The van der Waals surface area contributed by atoms with Gasteiger partial charge in [-0.25, -0.2) is 4.79 Å². The van der Waals surface area contributed by atoms with Crippen molar-refractivity contribution in [2.24, 2.45) is 10.8 Å². The van der Waals surface area contributed by atoms with E-state index in [1.54, 1.807) is 13.8 Å². The van der Waals surface area contributed by atoms with Crippen molar-refractivity contribution in [3.05, 3.63) is 0 Å². The molecule has 0 radical (unpaired) electrons. The van der Waals surface area contributed by atoms with Gasteiger partial charge in [0.2, 0.25) is 0 Å². The normalized spacial score (nSPS) is 11.8. The molecule has 0 bridgehead atoms. The van der Waals surface area contributed by atoms with Crippen molar-refractivity contribution < 1.29 is 24.3 Å². The van der Waals surface area contributed by atoms with Crippen LogP contribution in [0.1, 0.15) is 53.9 Å². The number of rotatable bonds is 5. The van der Waals surface area contributed by atoms with Gasteiger partial charge in [-0.1, -0.05) is 34.6 Å². The molecule has 0 aliphatic carbocycles. The number of carbonyl (C=O) groups excluding carboxylic acids is 2. The smallest absolute Gasteiger partial charge is 0.349 e. The summed E-state index contributed by atoms with van der Waals surface area (Å²) >= 11 is 0. The number of hydrogen-bond donors (Lipinski definition) is 2. The number of aliphatic carboxylic acids is 1. The summed E-state index contributed by atoms with van der Waals surface area (Å²) in [5.74, 6) is -2.63. The summed E-state index contributed by atoms with van der Waals surface area (Å²) in [5, 5.41) is 9.13. The molecule has 0 spiro atoms. The molecular formula is C13H23NO5. The fourth-order valence-corrected chi connectivity index (χ4v) is 1.65. The van der Waals surface area contributed by atoms with Gasteiger partial charge in [-0.05, 0) is 18.3 Å². The van der Waals surface area contributed by atoms with Crippen LogP contribution in [0.3, 0.4) is 0 Å². The molecule has 6 nitrogen and oxygen atoms in total. The molecule has 0 saturated carbocycles. The summed E-state index contributed by atoms with van der Waals surface area (Å²) in [6.07, 6.45) is 0.387. The van der Waals surface area contributed by atoms with Gasteiger partial charge in [0.05, 0.1) is 0 Å². The Labute approximate surface area is 113 Å². The molecule has 6 heteroatoms. The Morgan fingerprint density at radius 2 is 1.58 bits per heavy atom. The molecule has 0 rings (SSSR count). The predicted molar refractivity (Wildman–Crippen MR) is 69.0 cm³/mol. The van der Waals surface area contributed by atoms with Crippen LogP contribution in [-0.4, -0.2) is 23.0 Å². The molecule has 0 aliphatic heterocycles. The number of nitrogens with one attached hydrogen (secondary N) is 1. The van der Waals surface area contributed by atoms with Gasteiger partial charge < -0.3 is 9.94 Å². The molecule has 19 heavy (non-hydrogen) atoms. The van der Waals surface area contributed by atoms with Gasteiger partial charge in [-0.15, -0.1) is 0 Å². The van der Waals surface area contributed by atoms with Crippen LogP contribution in [0, 0.1) is 10.8 Å². The summed E-state index contributed by atoms with van der Waals surface area (Å²) in [6.45, 7) is 8.79. The zero-order valence-corrected chi connectivity index (χ0v) is 12.2. The molecule has 0 aromatic rings. The van der Waals surface area contributed by atoms with E-state index in [-0.39, 0.29) is 24.7 Å². The quantitative estimate of drug-likeness (QED) is 0.589. The average molecular weight is 273 g/mol. The van der Waals surface area contributed by atoms with Crippen molar-refractivity contribution in [1.29, 1.82) is 0 Å². The van der Waals surface area contributed by atoms with E-state index in [1.807, 2.05) is 26.3 Å². The SMILES string of the molecule is CCC(CC)(C(=O)O)C(=O)ONC(=O)CC(C)(C)C. The number of carboxylic acid groups (broad SMARTS) is 1. The first kappa shape index (κ1) is 17.4. The lowest BCUT2D eigenvalue weighted by atomic mass is 9.83. The minimum atomic E-state index is -1.60. The third-order valence-electron chi connectivity index (χ3n) is 2.96. The summed E-state index contributed by atoms with van der Waals surface area (Å²) in [5.41, 5.74) is 0.174. The summed E-state index contributed by atoms with van der Waals surface area (Å²) in [6, 6.07) is 0. The highest BCUT2D eigenvalue weighted by atomic mass is 16.7. The first-order valence-corrected chi connectivity index (χ1v) is 6.32. The van der Waals surface area contributed by atoms with Crippen LogP contribution in [0.5, 0.6) is 0 Å². The third-order valence-corrected chi connectivity index (χ3v) is 2.96. The van der Waals surface area contributed by atoms with Gasteiger partial charge in [-0.2, -0.15) is 5.48 Å². The fraction of sp³-hybridized carbons (Fsp3) is 0.769. The Kier molecular flexibility index (Phi) is 5.99. The van der Waals surface area contributed by atoms with E-state index < -0.39 is 23.3 Å². The average Bonchev–Trinajstić information content (AvgIpc) is 2.26. The van der Waals surface area contributed by atoms with E-state index in [2.05, 4.69) is 4.84 Å². The van der Waals surface area contributed by atoms with Gasteiger partial charge >= 0.3 is 11.9 Å². The molecule has 0 unspecified atom stereocenters. The molecule has 0 aromatic carbocycles. The number of amides is 1. The van der Waals surface area contributed by atoms with E-state index >= 15 is 0 Å². The first-order valence-electron chi connectivity index (χ1n) is 6.32. The van der Waals surface area contributed by atoms with E-state index in [9.17, 15) is 14.4 Å². The van der Waals surface area contributed by atoms with Crippen molar-refractivity contribution in [1.82, 2.24) is 5.48 Å². The largest absolute Gasteiger partial charge is 0.480 e. The maximum absolute atomic E-state index is 11.8. The summed E-state index contributed by atoms with van der Waals surface area (Å²) in [4.78, 5) is 39.1. The maximum Gasteiger partial charge on any atom is 0.349 e. The molecule has 110 valence electrons. The molecule has 0 fully saturated rings. The molecular weight excluding hydrogens is 250 g/mol. The first-order chi connectivity index (χ1) is 8.59. The van der Waals surface area contributed by atoms with Gasteiger partial charge in [0.1, 0.15) is 0 Å².